The van der Waals surface area contributed by atoms with E-state index in [1.165, 1.54) is 9.13 Å². The lowest BCUT2D eigenvalue weighted by molar-refractivity contribution is 0.0960. The minimum absolute atomic E-state index is 0.407. The van der Waals surface area contributed by atoms with Gasteiger partial charge in [-0.05, 0) is 61.9 Å². The van der Waals surface area contributed by atoms with Gasteiger partial charge < -0.3 is 0 Å². The predicted molar refractivity (Wildman–Crippen MR) is 135 cm³/mol. The third kappa shape index (κ3) is 3.44. The summed E-state index contributed by atoms with van der Waals surface area (Å²) in [6, 6.07) is 23.9. The molecule has 2 heterocycles. The second-order valence-corrected chi connectivity index (χ2v) is 9.48. The molecule has 0 atom stereocenters. The topological polar surface area (TPSA) is 80.7 Å². The number of fused-ring (bicyclic) bond motifs is 3. The molecule has 166 valence electrons. The number of carbonyl (C=O) groups is 1. The third-order valence-corrected chi connectivity index (χ3v) is 6.47. The second-order valence-electron chi connectivity index (χ2n) is 8.56. The average molecular weight is 511 g/mol. The van der Waals surface area contributed by atoms with E-state index in [0.29, 0.717) is 27.8 Å². The fourth-order valence-corrected chi connectivity index (χ4v) is 4.44. The van der Waals surface area contributed by atoms with Crippen molar-refractivity contribution in [1.82, 2.24) is 14.1 Å². The monoisotopic (exact) mass is 510 g/mol. The van der Waals surface area contributed by atoms with Crippen LogP contribution in [-0.2, 0) is 5.41 Å². The lowest BCUT2D eigenvalue weighted by Gasteiger charge is -2.16. The summed E-state index contributed by atoms with van der Waals surface area (Å²) in [6.45, 7) is 3.69. The van der Waals surface area contributed by atoms with Crippen LogP contribution in [0.15, 0.2) is 88.3 Å². The van der Waals surface area contributed by atoms with Crippen LogP contribution in [-0.4, -0.2) is 20.0 Å². The van der Waals surface area contributed by atoms with E-state index in [0.717, 1.165) is 15.4 Å². The maximum absolute atomic E-state index is 13.8. The van der Waals surface area contributed by atoms with E-state index in [-0.39, 0.29) is 0 Å². The molecule has 0 amide bonds. The van der Waals surface area contributed by atoms with Gasteiger partial charge >= 0.3 is 5.69 Å². The number of nitriles is 1. The van der Waals surface area contributed by atoms with Crippen molar-refractivity contribution in [3.63, 3.8) is 0 Å². The fraction of sp³-hybridized carbons (Fsp3) is 0.111. The number of halogens is 1. The Hall–Kier alpha value is -4.02. The molecular weight excluding hydrogens is 492 g/mol. The van der Waals surface area contributed by atoms with Gasteiger partial charge in [0.15, 0.2) is 0 Å². The van der Waals surface area contributed by atoms with Crippen LogP contribution in [0.1, 0.15) is 29.8 Å². The Kier molecular flexibility index (Phi) is 5.18. The van der Waals surface area contributed by atoms with Crippen LogP contribution in [0.3, 0.4) is 0 Å². The zero-order valence-electron chi connectivity index (χ0n) is 18.5. The second kappa shape index (κ2) is 8.08. The van der Waals surface area contributed by atoms with Gasteiger partial charge in [-0.2, -0.15) is 5.26 Å². The van der Waals surface area contributed by atoms with Crippen LogP contribution in [0.4, 0.5) is 0 Å². The Balaban J connectivity index is 1.85. The summed E-state index contributed by atoms with van der Waals surface area (Å²) in [5.74, 6) is -0.423. The van der Waals surface area contributed by atoms with E-state index < -0.39 is 17.0 Å². The number of benzene rings is 3. The van der Waals surface area contributed by atoms with Crippen molar-refractivity contribution < 1.29 is 4.79 Å². The molecule has 0 spiro atoms. The number of pyridine rings is 1. The molecule has 0 unspecified atom stereocenters. The van der Waals surface area contributed by atoms with Gasteiger partial charge in [-0.25, -0.2) is 9.36 Å². The van der Waals surface area contributed by atoms with Crippen molar-refractivity contribution in [3.05, 3.63) is 105 Å². The highest BCUT2D eigenvalue weighted by molar-refractivity contribution is 9.10. The SMILES string of the molecule is CC(C)(C#N)c1ccc(-n2c(=O)n(C(=O)c3ccccc3)c3cnc4ccc(Br)cc4c32)cc1. The maximum Gasteiger partial charge on any atom is 0.340 e. The first kappa shape index (κ1) is 21.8. The van der Waals surface area contributed by atoms with Gasteiger partial charge in [0.25, 0.3) is 5.91 Å². The van der Waals surface area contributed by atoms with Gasteiger partial charge in [0.2, 0.25) is 0 Å². The number of aromatic nitrogens is 3. The van der Waals surface area contributed by atoms with Crippen LogP contribution in [0.2, 0.25) is 0 Å². The van der Waals surface area contributed by atoms with E-state index in [2.05, 4.69) is 27.0 Å². The highest BCUT2D eigenvalue weighted by Gasteiger charge is 2.24. The minimum atomic E-state index is -0.664. The molecule has 6 nitrogen and oxygen atoms in total. The van der Waals surface area contributed by atoms with Crippen molar-refractivity contribution in [2.75, 3.05) is 0 Å². The summed E-state index contributed by atoms with van der Waals surface area (Å²) < 4.78 is 3.54. The number of carbonyl (C=O) groups excluding carboxylic acids is 1. The summed E-state index contributed by atoms with van der Waals surface area (Å²) >= 11 is 3.51. The lowest BCUT2D eigenvalue weighted by atomic mass is 9.86. The molecule has 7 heteroatoms. The van der Waals surface area contributed by atoms with Crippen LogP contribution >= 0.6 is 15.9 Å². The molecule has 0 aliphatic heterocycles. The van der Waals surface area contributed by atoms with Gasteiger partial charge in [-0.15, -0.1) is 0 Å². The van der Waals surface area contributed by atoms with E-state index in [1.807, 2.05) is 50.2 Å². The first-order valence-corrected chi connectivity index (χ1v) is 11.4. The van der Waals surface area contributed by atoms with Crippen molar-refractivity contribution in [3.8, 4) is 11.8 Å². The minimum Gasteiger partial charge on any atom is -0.268 e. The molecule has 0 aliphatic carbocycles. The summed E-state index contributed by atoms with van der Waals surface area (Å²) in [4.78, 5) is 31.7. The van der Waals surface area contributed by atoms with Gasteiger partial charge in [0.05, 0.1) is 39.9 Å². The van der Waals surface area contributed by atoms with E-state index in [4.69, 9.17) is 0 Å². The number of hydrogen-bond donors (Lipinski definition) is 0. The lowest BCUT2D eigenvalue weighted by Crippen LogP contribution is -2.28. The smallest absolute Gasteiger partial charge is 0.268 e. The number of rotatable bonds is 3. The third-order valence-electron chi connectivity index (χ3n) is 5.98. The van der Waals surface area contributed by atoms with Crippen molar-refractivity contribution >= 4 is 43.8 Å². The molecule has 5 rings (SSSR count). The Morgan fingerprint density at radius 2 is 1.74 bits per heavy atom. The summed E-state index contributed by atoms with van der Waals surface area (Å²) in [5, 5.41) is 10.2. The van der Waals surface area contributed by atoms with Gasteiger partial charge in [-0.1, -0.05) is 46.3 Å². The molecule has 0 N–H and O–H groups in total. The van der Waals surface area contributed by atoms with E-state index in [1.54, 1.807) is 42.6 Å². The largest absolute Gasteiger partial charge is 0.340 e. The van der Waals surface area contributed by atoms with E-state index in [9.17, 15) is 14.9 Å². The van der Waals surface area contributed by atoms with Gasteiger partial charge in [0, 0.05) is 15.4 Å². The average Bonchev–Trinajstić information content (AvgIpc) is 3.16. The highest BCUT2D eigenvalue weighted by Crippen LogP contribution is 2.29. The predicted octanol–water partition coefficient (Wildman–Crippen LogP) is 5.59. The molecule has 0 saturated heterocycles. The van der Waals surface area contributed by atoms with Crippen molar-refractivity contribution in [2.45, 2.75) is 19.3 Å². The zero-order chi connectivity index (χ0) is 24.0. The highest BCUT2D eigenvalue weighted by atomic mass is 79.9. The zero-order valence-corrected chi connectivity index (χ0v) is 20.1. The summed E-state index contributed by atoms with van der Waals surface area (Å²) in [7, 11) is 0. The van der Waals surface area contributed by atoms with Gasteiger partial charge in [0.1, 0.15) is 0 Å². The Labute approximate surface area is 203 Å². The first-order chi connectivity index (χ1) is 16.3. The summed E-state index contributed by atoms with van der Waals surface area (Å²) in [5.41, 5.74) is 2.41. The van der Waals surface area contributed by atoms with Crippen LogP contribution < -0.4 is 5.69 Å². The van der Waals surface area contributed by atoms with Crippen molar-refractivity contribution in [2.24, 2.45) is 0 Å². The molecule has 0 aliphatic rings. The molecule has 3 aromatic carbocycles. The standard InChI is InChI=1S/C27H19BrN4O2/c1-27(2,16-29)18-8-11-20(12-9-18)31-24-21-14-19(28)10-13-22(21)30-15-23(24)32(26(31)34)25(33)17-6-4-3-5-7-17/h3-15H,1-2H3. The Morgan fingerprint density at radius 3 is 2.41 bits per heavy atom. The van der Waals surface area contributed by atoms with Crippen LogP contribution in [0, 0.1) is 11.3 Å². The number of hydrogen-bond acceptors (Lipinski definition) is 4. The molecule has 0 fully saturated rings. The summed E-state index contributed by atoms with van der Waals surface area (Å²) in [6.07, 6.45) is 1.57. The van der Waals surface area contributed by atoms with Crippen molar-refractivity contribution in [1.29, 1.82) is 5.26 Å². The Bertz CT molecular complexity index is 1670. The number of nitrogens with zero attached hydrogens (tertiary/aromatic N) is 4. The molecule has 0 radical (unpaired) electrons. The van der Waals surface area contributed by atoms with E-state index >= 15 is 0 Å². The quantitative estimate of drug-likeness (QED) is 0.316. The Morgan fingerprint density at radius 1 is 1.03 bits per heavy atom. The normalized spacial score (nSPS) is 11.6. The number of imidazole rings is 1. The first-order valence-electron chi connectivity index (χ1n) is 10.7. The molecule has 5 aromatic rings. The molecule has 0 bridgehead atoms. The van der Waals surface area contributed by atoms with Crippen LogP contribution in [0.25, 0.3) is 27.6 Å². The fourth-order valence-electron chi connectivity index (χ4n) is 4.07. The molecule has 34 heavy (non-hydrogen) atoms. The molecule has 0 saturated carbocycles. The molecular formula is C27H19BrN4O2. The molecule has 2 aromatic heterocycles. The van der Waals surface area contributed by atoms with Crippen LogP contribution in [0.5, 0.6) is 0 Å². The maximum atomic E-state index is 13.8. The van der Waals surface area contributed by atoms with Gasteiger partial charge in [-0.3, -0.25) is 14.3 Å².